The molecule has 1 N–H and O–H groups in total. The van der Waals surface area contributed by atoms with Crippen molar-refractivity contribution < 1.29 is 14.4 Å². The van der Waals surface area contributed by atoms with E-state index < -0.39 is 17.1 Å². The van der Waals surface area contributed by atoms with Gasteiger partial charge in [0.15, 0.2) is 0 Å². The molecule has 0 spiro atoms. The SMILES string of the molecule is Cc1ccc(N2C(=O)C3Sc4c(sc(=O)n4CC(=O)Nc4ccc5ccccc5c4)[C@H](c4cccnc4)C3C2=O)cc1. The van der Waals surface area contributed by atoms with E-state index in [4.69, 9.17) is 0 Å². The maximum absolute atomic E-state index is 13.9. The number of nitrogens with zero attached hydrogens (tertiary/aromatic N) is 3. The second-order valence-corrected chi connectivity index (χ2v) is 12.5. The Morgan fingerprint density at radius 3 is 2.48 bits per heavy atom. The number of anilines is 2. The number of fused-ring (bicyclic) bond motifs is 3. The van der Waals surface area contributed by atoms with Gasteiger partial charge in [0, 0.05) is 28.9 Å². The Morgan fingerprint density at radius 1 is 0.929 bits per heavy atom. The fraction of sp³-hybridized carbons (Fsp3) is 0.156. The highest BCUT2D eigenvalue weighted by molar-refractivity contribution is 8.00. The maximum atomic E-state index is 13.9. The summed E-state index contributed by atoms with van der Waals surface area (Å²) < 4.78 is 1.42. The van der Waals surface area contributed by atoms with Crippen LogP contribution in [0.5, 0.6) is 0 Å². The van der Waals surface area contributed by atoms with Gasteiger partial charge < -0.3 is 5.32 Å². The predicted octanol–water partition coefficient (Wildman–Crippen LogP) is 5.20. The lowest BCUT2D eigenvalue weighted by molar-refractivity contribution is -0.122. The van der Waals surface area contributed by atoms with E-state index in [0.29, 0.717) is 21.3 Å². The molecular weight excluding hydrogens is 569 g/mol. The number of thiazole rings is 1. The molecule has 2 aliphatic rings. The summed E-state index contributed by atoms with van der Waals surface area (Å²) in [6, 6.07) is 24.4. The molecule has 3 aromatic carbocycles. The minimum atomic E-state index is -0.750. The fourth-order valence-corrected chi connectivity index (χ4v) is 8.51. The summed E-state index contributed by atoms with van der Waals surface area (Å²) in [6.45, 7) is 1.73. The number of aryl methyl sites for hydroxylation is 1. The first kappa shape index (κ1) is 26.4. The van der Waals surface area contributed by atoms with Crippen LogP contribution in [0, 0.1) is 12.8 Å². The van der Waals surface area contributed by atoms with Crippen LogP contribution < -0.4 is 15.1 Å². The molecule has 0 saturated carbocycles. The van der Waals surface area contributed by atoms with Gasteiger partial charge in [-0.05, 0) is 53.6 Å². The van der Waals surface area contributed by atoms with Gasteiger partial charge in [0.05, 0.1) is 16.6 Å². The van der Waals surface area contributed by atoms with Crippen LogP contribution in [0.3, 0.4) is 0 Å². The van der Waals surface area contributed by atoms with Gasteiger partial charge in [-0.2, -0.15) is 0 Å². The highest BCUT2D eigenvalue weighted by atomic mass is 32.2. The lowest BCUT2D eigenvalue weighted by atomic mass is 9.84. The van der Waals surface area contributed by atoms with E-state index in [1.54, 1.807) is 30.6 Å². The Morgan fingerprint density at radius 2 is 1.71 bits per heavy atom. The molecule has 3 amide bonds. The average molecular weight is 593 g/mol. The summed E-state index contributed by atoms with van der Waals surface area (Å²) >= 11 is 2.22. The second-order valence-electron chi connectivity index (χ2n) is 10.4. The number of hydrogen-bond donors (Lipinski definition) is 1. The zero-order valence-corrected chi connectivity index (χ0v) is 24.0. The molecule has 42 heavy (non-hydrogen) atoms. The van der Waals surface area contributed by atoms with Crippen molar-refractivity contribution in [3.63, 3.8) is 0 Å². The molecule has 1 fully saturated rings. The molecule has 2 aromatic heterocycles. The molecule has 10 heteroatoms. The number of rotatable bonds is 5. The molecule has 8 nitrogen and oxygen atoms in total. The number of aromatic nitrogens is 2. The quantitative estimate of drug-likeness (QED) is 0.282. The number of hydrogen-bond acceptors (Lipinski definition) is 7. The van der Waals surface area contributed by atoms with Crippen LogP contribution in [0.15, 0.2) is 101 Å². The largest absolute Gasteiger partial charge is 0.325 e. The summed E-state index contributed by atoms with van der Waals surface area (Å²) in [5, 5.41) is 4.74. The van der Waals surface area contributed by atoms with Crippen molar-refractivity contribution in [3.8, 4) is 0 Å². The van der Waals surface area contributed by atoms with Crippen LogP contribution in [0.25, 0.3) is 10.8 Å². The van der Waals surface area contributed by atoms with Crippen LogP contribution in [0.2, 0.25) is 0 Å². The lowest BCUT2D eigenvalue weighted by Crippen LogP contribution is -2.33. The van der Waals surface area contributed by atoms with Crippen molar-refractivity contribution in [1.82, 2.24) is 9.55 Å². The maximum Gasteiger partial charge on any atom is 0.308 e. The van der Waals surface area contributed by atoms with Crippen LogP contribution in [0.1, 0.15) is 21.9 Å². The molecule has 5 aromatic rings. The Bertz CT molecular complexity index is 1930. The van der Waals surface area contributed by atoms with E-state index in [1.807, 2.05) is 67.6 Å². The Labute approximate surface area is 249 Å². The number of carbonyl (C=O) groups excluding carboxylic acids is 3. The Kier molecular flexibility index (Phi) is 6.52. The molecule has 3 atom stereocenters. The molecule has 2 aliphatic heterocycles. The monoisotopic (exact) mass is 592 g/mol. The molecular formula is C32H24N4O4S2. The fourth-order valence-electron chi connectivity index (χ4n) is 5.73. The highest BCUT2D eigenvalue weighted by Crippen LogP contribution is 2.53. The van der Waals surface area contributed by atoms with Gasteiger partial charge in [-0.15, -0.1) is 0 Å². The van der Waals surface area contributed by atoms with Gasteiger partial charge >= 0.3 is 4.87 Å². The third kappa shape index (κ3) is 4.43. The standard InChI is InChI=1S/C32H24N4O4S2/c1-18-8-12-23(13-9-18)36-29(38)26-25(21-7-4-14-33-16-21)28-31(41-27(26)30(36)39)35(32(40)42-28)17-24(37)34-22-11-10-19-5-2-3-6-20(19)15-22/h2-16,25-27H,17H2,1H3,(H,34,37)/t25-,26?,27?/m1/s1. The molecule has 2 unspecified atom stereocenters. The first-order valence-electron chi connectivity index (χ1n) is 13.4. The zero-order valence-electron chi connectivity index (χ0n) is 22.4. The third-order valence-electron chi connectivity index (χ3n) is 7.72. The lowest BCUT2D eigenvalue weighted by Gasteiger charge is -2.30. The highest BCUT2D eigenvalue weighted by Gasteiger charge is 2.56. The molecule has 1 saturated heterocycles. The Hall–Kier alpha value is -4.54. The number of benzene rings is 3. The van der Waals surface area contributed by atoms with Crippen molar-refractivity contribution in [2.24, 2.45) is 5.92 Å². The Balaban J connectivity index is 1.25. The summed E-state index contributed by atoms with van der Waals surface area (Å²) in [5.74, 6) is -2.25. The van der Waals surface area contributed by atoms with E-state index in [0.717, 1.165) is 33.2 Å². The number of thioether (sulfide) groups is 1. The van der Waals surface area contributed by atoms with Gasteiger partial charge in [0.2, 0.25) is 17.7 Å². The summed E-state index contributed by atoms with van der Waals surface area (Å²) in [7, 11) is 0. The van der Waals surface area contributed by atoms with E-state index in [9.17, 15) is 19.2 Å². The van der Waals surface area contributed by atoms with Crippen LogP contribution in [-0.2, 0) is 20.9 Å². The number of amides is 3. The molecule has 0 bridgehead atoms. The number of carbonyl (C=O) groups is 3. The second kappa shape index (κ2) is 10.4. The van der Waals surface area contributed by atoms with Crippen molar-refractivity contribution >= 4 is 63.0 Å². The van der Waals surface area contributed by atoms with Crippen molar-refractivity contribution in [2.75, 3.05) is 10.2 Å². The van der Waals surface area contributed by atoms with Gasteiger partial charge in [-0.25, -0.2) is 4.90 Å². The smallest absolute Gasteiger partial charge is 0.308 e. The normalized spacial score (nSPS) is 19.5. The van der Waals surface area contributed by atoms with Crippen molar-refractivity contribution in [2.45, 2.75) is 29.7 Å². The molecule has 0 radical (unpaired) electrons. The van der Waals surface area contributed by atoms with Gasteiger partial charge in [-0.3, -0.25) is 28.7 Å². The van der Waals surface area contributed by atoms with Gasteiger partial charge in [0.1, 0.15) is 11.8 Å². The third-order valence-corrected chi connectivity index (χ3v) is 10.3. The van der Waals surface area contributed by atoms with E-state index in [1.165, 1.54) is 21.2 Å². The summed E-state index contributed by atoms with van der Waals surface area (Å²) in [4.78, 5) is 60.2. The van der Waals surface area contributed by atoms with Crippen LogP contribution in [0.4, 0.5) is 11.4 Å². The number of pyridine rings is 1. The van der Waals surface area contributed by atoms with Crippen LogP contribution >= 0.6 is 23.1 Å². The molecule has 4 heterocycles. The van der Waals surface area contributed by atoms with E-state index >= 15 is 0 Å². The molecule has 7 rings (SSSR count). The van der Waals surface area contributed by atoms with Crippen LogP contribution in [-0.4, -0.2) is 32.5 Å². The van der Waals surface area contributed by atoms with Crippen molar-refractivity contribution in [1.29, 1.82) is 0 Å². The van der Waals surface area contributed by atoms with E-state index in [2.05, 4.69) is 10.3 Å². The predicted molar refractivity (Wildman–Crippen MR) is 164 cm³/mol. The van der Waals surface area contributed by atoms with Gasteiger partial charge in [-0.1, -0.05) is 77.2 Å². The minimum Gasteiger partial charge on any atom is -0.325 e. The summed E-state index contributed by atoms with van der Waals surface area (Å²) in [6.07, 6.45) is 3.32. The van der Waals surface area contributed by atoms with Gasteiger partial charge in [0.25, 0.3) is 0 Å². The topological polar surface area (TPSA) is 101 Å². The average Bonchev–Trinajstić information content (AvgIpc) is 3.44. The number of nitrogens with one attached hydrogen (secondary N) is 1. The molecule has 0 aliphatic carbocycles. The summed E-state index contributed by atoms with van der Waals surface area (Å²) in [5.41, 5.74) is 2.91. The molecule has 208 valence electrons. The number of imide groups is 1. The minimum absolute atomic E-state index is 0.217. The zero-order chi connectivity index (χ0) is 29.0. The first-order valence-corrected chi connectivity index (χ1v) is 15.1. The van der Waals surface area contributed by atoms with E-state index in [-0.39, 0.29) is 29.1 Å². The first-order chi connectivity index (χ1) is 20.4. The van der Waals surface area contributed by atoms with Crippen molar-refractivity contribution in [3.05, 3.63) is 117 Å².